The van der Waals surface area contributed by atoms with Crippen molar-refractivity contribution in [1.29, 1.82) is 0 Å². The van der Waals surface area contributed by atoms with Gasteiger partial charge in [-0.2, -0.15) is 0 Å². The number of nitrogens with zero attached hydrogens (tertiary/aromatic N) is 2. The summed E-state index contributed by atoms with van der Waals surface area (Å²) in [7, 11) is 0. The Kier molecular flexibility index (Phi) is 2.74. The SMILES string of the molecule is O=C(O)CSCc1cn2ccsc2n1. The number of aliphatic carboxylic acids is 1. The largest absolute Gasteiger partial charge is 0.481 e. The van der Waals surface area contributed by atoms with Crippen LogP contribution >= 0.6 is 23.1 Å². The first-order valence-electron chi connectivity index (χ1n) is 3.96. The van der Waals surface area contributed by atoms with Gasteiger partial charge >= 0.3 is 5.97 Å². The fourth-order valence-electron chi connectivity index (χ4n) is 1.09. The molecule has 0 aromatic carbocycles. The molecule has 0 spiro atoms. The van der Waals surface area contributed by atoms with Gasteiger partial charge in [0.2, 0.25) is 0 Å². The molecule has 1 N–H and O–H groups in total. The molecule has 0 atom stereocenters. The maximum absolute atomic E-state index is 10.3. The highest BCUT2D eigenvalue weighted by atomic mass is 32.2. The highest BCUT2D eigenvalue weighted by Gasteiger charge is 2.03. The molecule has 6 heteroatoms. The zero-order valence-corrected chi connectivity index (χ0v) is 8.85. The van der Waals surface area contributed by atoms with E-state index in [0.29, 0.717) is 5.75 Å². The lowest BCUT2D eigenvalue weighted by atomic mass is 10.6. The summed E-state index contributed by atoms with van der Waals surface area (Å²) in [5.74, 6) is 0.00214. The molecule has 4 nitrogen and oxygen atoms in total. The van der Waals surface area contributed by atoms with Crippen LogP contribution in [0.3, 0.4) is 0 Å². The third-order valence-electron chi connectivity index (χ3n) is 1.62. The highest BCUT2D eigenvalue weighted by Crippen LogP contribution is 2.15. The van der Waals surface area contributed by atoms with Crippen molar-refractivity contribution >= 4 is 34.0 Å². The van der Waals surface area contributed by atoms with Crippen LogP contribution in [0, 0.1) is 0 Å². The number of carboxylic acids is 1. The molecule has 0 fully saturated rings. The summed E-state index contributed by atoms with van der Waals surface area (Å²) in [6.45, 7) is 0. The van der Waals surface area contributed by atoms with Crippen molar-refractivity contribution in [3.8, 4) is 0 Å². The molecule has 2 aromatic heterocycles. The van der Waals surface area contributed by atoms with Gasteiger partial charge in [0.1, 0.15) is 0 Å². The molecule has 74 valence electrons. The molecule has 0 aliphatic rings. The van der Waals surface area contributed by atoms with E-state index in [9.17, 15) is 4.79 Å². The van der Waals surface area contributed by atoms with Crippen LogP contribution in [0.1, 0.15) is 5.69 Å². The van der Waals surface area contributed by atoms with Crippen molar-refractivity contribution < 1.29 is 9.90 Å². The molecule has 0 aliphatic heterocycles. The minimum Gasteiger partial charge on any atom is -0.481 e. The summed E-state index contributed by atoms with van der Waals surface area (Å²) in [5, 5.41) is 10.4. The number of aromatic nitrogens is 2. The van der Waals surface area contributed by atoms with Gasteiger partial charge in [0.15, 0.2) is 4.96 Å². The van der Waals surface area contributed by atoms with E-state index in [-0.39, 0.29) is 5.75 Å². The standard InChI is InChI=1S/C8H8N2O2S2/c11-7(12)5-13-4-6-3-10-1-2-14-8(10)9-6/h1-3H,4-5H2,(H,11,12). The van der Waals surface area contributed by atoms with E-state index in [4.69, 9.17) is 5.11 Å². The van der Waals surface area contributed by atoms with Gasteiger partial charge in [0, 0.05) is 23.5 Å². The quantitative estimate of drug-likeness (QED) is 0.865. The molecule has 2 rings (SSSR count). The van der Waals surface area contributed by atoms with Crippen LogP contribution in [0.4, 0.5) is 0 Å². The summed E-state index contributed by atoms with van der Waals surface area (Å²) in [6.07, 6.45) is 3.87. The average Bonchev–Trinajstić information content (AvgIpc) is 2.62. The topological polar surface area (TPSA) is 54.6 Å². The van der Waals surface area contributed by atoms with E-state index in [2.05, 4.69) is 4.98 Å². The van der Waals surface area contributed by atoms with Gasteiger partial charge in [0.05, 0.1) is 11.4 Å². The van der Waals surface area contributed by atoms with E-state index in [1.165, 1.54) is 11.8 Å². The molecule has 14 heavy (non-hydrogen) atoms. The number of rotatable bonds is 4. The van der Waals surface area contributed by atoms with Crippen molar-refractivity contribution in [2.24, 2.45) is 0 Å². The number of thioether (sulfide) groups is 1. The van der Waals surface area contributed by atoms with Crippen molar-refractivity contribution in [2.75, 3.05) is 5.75 Å². The molecule has 0 amide bonds. The Hall–Kier alpha value is -1.01. The van der Waals surface area contributed by atoms with E-state index in [1.54, 1.807) is 11.3 Å². The third-order valence-corrected chi connectivity index (χ3v) is 3.34. The van der Waals surface area contributed by atoms with Crippen molar-refractivity contribution in [3.05, 3.63) is 23.5 Å². The second-order valence-corrected chi connectivity index (χ2v) is 4.57. The van der Waals surface area contributed by atoms with Crippen molar-refractivity contribution in [2.45, 2.75) is 5.75 Å². The molecule has 0 radical (unpaired) electrons. The third kappa shape index (κ3) is 2.08. The van der Waals surface area contributed by atoms with Gasteiger partial charge in [-0.1, -0.05) is 0 Å². The number of fused-ring (bicyclic) bond motifs is 1. The van der Waals surface area contributed by atoms with Crippen molar-refractivity contribution in [1.82, 2.24) is 9.38 Å². The Morgan fingerprint density at radius 2 is 2.57 bits per heavy atom. The summed E-state index contributed by atoms with van der Waals surface area (Å²) < 4.78 is 1.95. The van der Waals surface area contributed by atoms with E-state index in [1.807, 2.05) is 22.2 Å². The lowest BCUT2D eigenvalue weighted by Gasteiger charge is -1.92. The molecule has 0 bridgehead atoms. The summed E-state index contributed by atoms with van der Waals surface area (Å²) in [6, 6.07) is 0. The number of thiazole rings is 1. The maximum Gasteiger partial charge on any atom is 0.313 e. The first-order valence-corrected chi connectivity index (χ1v) is 6.00. The maximum atomic E-state index is 10.3. The minimum atomic E-state index is -0.781. The van der Waals surface area contributed by atoms with Gasteiger partial charge in [-0.05, 0) is 0 Å². The van der Waals surface area contributed by atoms with E-state index >= 15 is 0 Å². The monoisotopic (exact) mass is 228 g/mol. The fraction of sp³-hybridized carbons (Fsp3) is 0.250. The minimum absolute atomic E-state index is 0.130. The summed E-state index contributed by atoms with van der Waals surface area (Å²) >= 11 is 2.94. The normalized spacial score (nSPS) is 10.9. The Morgan fingerprint density at radius 3 is 3.29 bits per heavy atom. The van der Waals surface area contributed by atoms with Gasteiger partial charge in [-0.3, -0.25) is 9.20 Å². The highest BCUT2D eigenvalue weighted by molar-refractivity contribution is 7.99. The summed E-state index contributed by atoms with van der Waals surface area (Å²) in [5.41, 5.74) is 0.933. The Balaban J connectivity index is 1.98. The number of carbonyl (C=O) groups is 1. The number of imidazole rings is 1. The molecular weight excluding hydrogens is 220 g/mol. The Morgan fingerprint density at radius 1 is 1.71 bits per heavy atom. The second kappa shape index (κ2) is 4.02. The van der Waals surface area contributed by atoms with Crippen molar-refractivity contribution in [3.63, 3.8) is 0 Å². The van der Waals surface area contributed by atoms with Gasteiger partial charge in [0.25, 0.3) is 0 Å². The second-order valence-electron chi connectivity index (χ2n) is 2.71. The van der Waals surface area contributed by atoms with Crippen LogP contribution in [0.2, 0.25) is 0 Å². The predicted octanol–water partition coefficient (Wildman–Crippen LogP) is 1.71. The summed E-state index contributed by atoms with van der Waals surface area (Å²) in [4.78, 5) is 15.6. The van der Waals surface area contributed by atoms with Crippen LogP contribution in [-0.4, -0.2) is 26.2 Å². The lowest BCUT2D eigenvalue weighted by Crippen LogP contribution is -1.98. The van der Waals surface area contributed by atoms with Gasteiger partial charge in [-0.15, -0.1) is 23.1 Å². The fourth-order valence-corrected chi connectivity index (χ4v) is 2.43. The average molecular weight is 228 g/mol. The van der Waals surface area contributed by atoms with Crippen LogP contribution < -0.4 is 0 Å². The molecular formula is C8H8N2O2S2. The molecule has 0 aliphatic carbocycles. The van der Waals surface area contributed by atoms with E-state index < -0.39 is 5.97 Å². The smallest absolute Gasteiger partial charge is 0.313 e. The van der Waals surface area contributed by atoms with Crippen LogP contribution in [0.25, 0.3) is 4.96 Å². The van der Waals surface area contributed by atoms with E-state index in [0.717, 1.165) is 10.7 Å². The lowest BCUT2D eigenvalue weighted by molar-refractivity contribution is -0.133. The molecule has 2 aromatic rings. The first-order chi connectivity index (χ1) is 6.75. The van der Waals surface area contributed by atoms with Crippen LogP contribution in [0.5, 0.6) is 0 Å². The Labute approximate surface area is 88.6 Å². The molecule has 0 unspecified atom stereocenters. The molecule has 0 saturated carbocycles. The first kappa shape index (κ1) is 9.54. The zero-order chi connectivity index (χ0) is 9.97. The zero-order valence-electron chi connectivity index (χ0n) is 7.21. The van der Waals surface area contributed by atoms with Gasteiger partial charge < -0.3 is 5.11 Å². The Bertz CT molecular complexity index is 420. The number of carboxylic acid groups (broad SMARTS) is 1. The predicted molar refractivity (Wildman–Crippen MR) is 56.9 cm³/mol. The molecule has 2 heterocycles. The molecule has 0 saturated heterocycles. The van der Waals surface area contributed by atoms with Gasteiger partial charge in [-0.25, -0.2) is 4.98 Å². The van der Waals surface area contributed by atoms with Crippen LogP contribution in [0.15, 0.2) is 17.8 Å². The van der Waals surface area contributed by atoms with Crippen LogP contribution in [-0.2, 0) is 10.5 Å². The number of hydrogen-bond donors (Lipinski definition) is 1. The number of hydrogen-bond acceptors (Lipinski definition) is 4.